The first kappa shape index (κ1) is 19.3. The number of hydrogen-bond acceptors (Lipinski definition) is 7. The van der Waals surface area contributed by atoms with Gasteiger partial charge in [0.1, 0.15) is 17.3 Å². The number of ether oxygens (including phenoxy) is 1. The number of anilines is 2. The van der Waals surface area contributed by atoms with Crippen LogP contribution in [0.5, 0.6) is 0 Å². The van der Waals surface area contributed by atoms with Crippen LogP contribution in [0.25, 0.3) is 16.9 Å². The van der Waals surface area contributed by atoms with Crippen molar-refractivity contribution in [3.63, 3.8) is 0 Å². The fourth-order valence-corrected chi connectivity index (χ4v) is 3.61. The highest BCUT2D eigenvalue weighted by Crippen LogP contribution is 2.25. The van der Waals surface area contributed by atoms with Crippen molar-refractivity contribution in [1.29, 1.82) is 0 Å². The van der Waals surface area contributed by atoms with Gasteiger partial charge in [-0.1, -0.05) is 30.3 Å². The summed E-state index contributed by atoms with van der Waals surface area (Å²) in [6.07, 6.45) is 1.66. The molecule has 1 fully saturated rings. The lowest BCUT2D eigenvalue weighted by atomic mass is 10.2. The van der Waals surface area contributed by atoms with Crippen molar-refractivity contribution >= 4 is 23.5 Å². The summed E-state index contributed by atoms with van der Waals surface area (Å²) in [6.45, 7) is 6.93. The normalized spacial score (nSPS) is 14.6. The third-order valence-electron chi connectivity index (χ3n) is 5.37. The Kier molecular flexibility index (Phi) is 5.13. The van der Waals surface area contributed by atoms with Gasteiger partial charge in [0, 0.05) is 30.8 Å². The predicted octanol–water partition coefficient (Wildman–Crippen LogP) is 3.89. The number of benzene rings is 1. The van der Waals surface area contributed by atoms with E-state index < -0.39 is 0 Å². The largest absolute Gasteiger partial charge is 0.460 e. The Labute approximate surface area is 180 Å². The number of nitrogens with one attached hydrogen (secondary N) is 1. The van der Waals surface area contributed by atoms with Gasteiger partial charge >= 0.3 is 0 Å². The van der Waals surface area contributed by atoms with E-state index in [9.17, 15) is 0 Å². The lowest BCUT2D eigenvalue weighted by Gasteiger charge is -2.29. The van der Waals surface area contributed by atoms with Gasteiger partial charge in [-0.15, -0.1) is 0 Å². The van der Waals surface area contributed by atoms with Gasteiger partial charge in [-0.2, -0.15) is 14.7 Å². The summed E-state index contributed by atoms with van der Waals surface area (Å²) in [7, 11) is 0. The standard InChI is InChI=1S/C23H24N6O2/c1-16-12-19(31-17(16)2)15-24-26-21-14-23(28-8-10-30-11-9-28)29-22(25-21)13-20(27-29)18-6-4-3-5-7-18/h3-7,12-15H,8-11H2,1-2H3,(H,25,26)/b24-15+. The van der Waals surface area contributed by atoms with E-state index in [1.54, 1.807) is 6.21 Å². The van der Waals surface area contributed by atoms with Gasteiger partial charge in [-0.25, -0.2) is 4.98 Å². The molecule has 0 saturated carbocycles. The van der Waals surface area contributed by atoms with E-state index in [0.717, 1.165) is 47.1 Å². The van der Waals surface area contributed by atoms with Gasteiger partial charge < -0.3 is 14.1 Å². The molecule has 1 aliphatic heterocycles. The zero-order chi connectivity index (χ0) is 21.2. The number of rotatable bonds is 5. The highest BCUT2D eigenvalue weighted by molar-refractivity contribution is 5.77. The molecule has 3 aromatic heterocycles. The van der Waals surface area contributed by atoms with E-state index in [1.165, 1.54) is 0 Å². The lowest BCUT2D eigenvalue weighted by molar-refractivity contribution is 0.122. The van der Waals surface area contributed by atoms with Gasteiger partial charge in [0.2, 0.25) is 0 Å². The highest BCUT2D eigenvalue weighted by atomic mass is 16.5. The van der Waals surface area contributed by atoms with Gasteiger partial charge in [-0.05, 0) is 25.5 Å². The Hall–Kier alpha value is -3.65. The number of morpholine rings is 1. The summed E-state index contributed by atoms with van der Waals surface area (Å²) >= 11 is 0. The minimum atomic E-state index is 0.643. The maximum Gasteiger partial charge on any atom is 0.160 e. The van der Waals surface area contributed by atoms with Crippen LogP contribution in [0.4, 0.5) is 11.6 Å². The predicted molar refractivity (Wildman–Crippen MR) is 121 cm³/mol. The quantitative estimate of drug-likeness (QED) is 0.393. The van der Waals surface area contributed by atoms with Crippen molar-refractivity contribution < 1.29 is 9.15 Å². The van der Waals surface area contributed by atoms with E-state index in [1.807, 2.05) is 66.9 Å². The molecular weight excluding hydrogens is 392 g/mol. The molecule has 1 saturated heterocycles. The van der Waals surface area contributed by atoms with Gasteiger partial charge in [0.15, 0.2) is 11.5 Å². The molecule has 1 aromatic carbocycles. The average molecular weight is 416 g/mol. The fourth-order valence-electron chi connectivity index (χ4n) is 3.61. The second-order valence-electron chi connectivity index (χ2n) is 7.52. The van der Waals surface area contributed by atoms with E-state index >= 15 is 0 Å². The first-order chi connectivity index (χ1) is 15.2. The second kappa shape index (κ2) is 8.23. The SMILES string of the molecule is Cc1cc(/C=N/Nc2cc(N3CCOCC3)n3nc(-c4ccccc4)cc3n2)oc1C. The molecule has 5 rings (SSSR count). The number of hydrazone groups is 1. The zero-order valence-corrected chi connectivity index (χ0v) is 17.6. The number of nitrogens with zero attached hydrogens (tertiary/aromatic N) is 5. The number of aryl methyl sites for hydroxylation is 2. The van der Waals surface area contributed by atoms with Crippen LogP contribution >= 0.6 is 0 Å². The van der Waals surface area contributed by atoms with Crippen molar-refractivity contribution in [3.8, 4) is 11.3 Å². The van der Waals surface area contributed by atoms with Crippen LogP contribution in [-0.2, 0) is 4.74 Å². The van der Waals surface area contributed by atoms with Crippen LogP contribution in [0.3, 0.4) is 0 Å². The van der Waals surface area contributed by atoms with E-state index in [4.69, 9.17) is 19.2 Å². The first-order valence-corrected chi connectivity index (χ1v) is 10.3. The fraction of sp³-hybridized carbons (Fsp3) is 0.261. The maximum absolute atomic E-state index is 5.65. The Morgan fingerprint density at radius 2 is 1.87 bits per heavy atom. The van der Waals surface area contributed by atoms with Gasteiger partial charge in [0.05, 0.1) is 25.1 Å². The summed E-state index contributed by atoms with van der Waals surface area (Å²) in [5.74, 6) is 3.19. The number of hydrogen-bond donors (Lipinski definition) is 1. The lowest BCUT2D eigenvalue weighted by Crippen LogP contribution is -2.37. The van der Waals surface area contributed by atoms with Crippen LogP contribution < -0.4 is 10.3 Å². The Balaban J connectivity index is 1.50. The Bertz CT molecular complexity index is 1200. The molecule has 0 amide bonds. The van der Waals surface area contributed by atoms with Crippen molar-refractivity contribution in [2.45, 2.75) is 13.8 Å². The molecular formula is C23H24N6O2. The molecule has 0 atom stereocenters. The topological polar surface area (TPSA) is 80.2 Å². The summed E-state index contributed by atoms with van der Waals surface area (Å²) < 4.78 is 13.1. The van der Waals surface area contributed by atoms with Gasteiger partial charge in [-0.3, -0.25) is 5.43 Å². The molecule has 0 bridgehead atoms. The monoisotopic (exact) mass is 416 g/mol. The first-order valence-electron chi connectivity index (χ1n) is 10.3. The van der Waals surface area contributed by atoms with Crippen LogP contribution in [0.15, 0.2) is 58.0 Å². The van der Waals surface area contributed by atoms with Crippen LogP contribution in [0.1, 0.15) is 17.1 Å². The average Bonchev–Trinajstić information content (AvgIpc) is 3.37. The molecule has 1 N–H and O–H groups in total. The van der Waals surface area contributed by atoms with E-state index in [0.29, 0.717) is 24.8 Å². The molecule has 0 radical (unpaired) electrons. The summed E-state index contributed by atoms with van der Waals surface area (Å²) in [6, 6.07) is 16.0. The summed E-state index contributed by atoms with van der Waals surface area (Å²) in [5, 5.41) is 9.15. The van der Waals surface area contributed by atoms with Crippen molar-refractivity contribution in [2.24, 2.45) is 5.10 Å². The minimum Gasteiger partial charge on any atom is -0.460 e. The third kappa shape index (κ3) is 4.02. The van der Waals surface area contributed by atoms with Crippen LogP contribution in [0, 0.1) is 13.8 Å². The molecule has 0 unspecified atom stereocenters. The summed E-state index contributed by atoms with van der Waals surface area (Å²) in [4.78, 5) is 6.98. The molecule has 0 aliphatic carbocycles. The van der Waals surface area contributed by atoms with E-state index in [2.05, 4.69) is 15.4 Å². The molecule has 1 aliphatic rings. The minimum absolute atomic E-state index is 0.643. The molecule has 158 valence electrons. The molecule has 8 heteroatoms. The number of aromatic nitrogens is 3. The zero-order valence-electron chi connectivity index (χ0n) is 17.6. The Morgan fingerprint density at radius 3 is 2.61 bits per heavy atom. The van der Waals surface area contributed by atoms with Crippen LogP contribution in [-0.4, -0.2) is 47.1 Å². The Morgan fingerprint density at radius 1 is 1.06 bits per heavy atom. The highest BCUT2D eigenvalue weighted by Gasteiger charge is 2.18. The third-order valence-corrected chi connectivity index (χ3v) is 5.37. The second-order valence-corrected chi connectivity index (χ2v) is 7.52. The molecule has 4 aromatic rings. The number of furan rings is 1. The number of fused-ring (bicyclic) bond motifs is 1. The van der Waals surface area contributed by atoms with Gasteiger partial charge in [0.25, 0.3) is 0 Å². The summed E-state index contributed by atoms with van der Waals surface area (Å²) in [5.41, 5.74) is 6.83. The van der Waals surface area contributed by atoms with Crippen molar-refractivity contribution in [1.82, 2.24) is 14.6 Å². The van der Waals surface area contributed by atoms with Crippen molar-refractivity contribution in [2.75, 3.05) is 36.6 Å². The molecule has 4 heterocycles. The molecule has 0 spiro atoms. The van der Waals surface area contributed by atoms with Crippen LogP contribution in [0.2, 0.25) is 0 Å². The molecule has 8 nitrogen and oxygen atoms in total. The van der Waals surface area contributed by atoms with Crippen molar-refractivity contribution in [3.05, 3.63) is 65.6 Å². The smallest absolute Gasteiger partial charge is 0.160 e. The molecule has 31 heavy (non-hydrogen) atoms. The van der Waals surface area contributed by atoms with E-state index in [-0.39, 0.29) is 0 Å². The maximum atomic E-state index is 5.65.